The van der Waals surface area contributed by atoms with Gasteiger partial charge in [-0.1, -0.05) is 30.3 Å². The van der Waals surface area contributed by atoms with Crippen molar-refractivity contribution in [3.63, 3.8) is 0 Å². The number of benzene rings is 2. The monoisotopic (exact) mass is 380 g/mol. The van der Waals surface area contributed by atoms with Crippen LogP contribution >= 0.6 is 11.3 Å². The summed E-state index contributed by atoms with van der Waals surface area (Å²) in [6, 6.07) is 14.7. The molecule has 1 amide bonds. The van der Waals surface area contributed by atoms with Crippen LogP contribution in [0.3, 0.4) is 0 Å². The van der Waals surface area contributed by atoms with Crippen LogP contribution in [0, 0.1) is 5.82 Å². The van der Waals surface area contributed by atoms with Gasteiger partial charge in [0.2, 0.25) is 5.91 Å². The summed E-state index contributed by atoms with van der Waals surface area (Å²) in [5, 5.41) is 5.56. The number of rotatable bonds is 4. The Morgan fingerprint density at radius 3 is 2.74 bits per heavy atom. The van der Waals surface area contributed by atoms with Gasteiger partial charge in [0.15, 0.2) is 5.13 Å². The van der Waals surface area contributed by atoms with Crippen LogP contribution in [-0.2, 0) is 11.2 Å². The number of carbonyl (C=O) groups is 1. The Hall–Kier alpha value is -3.32. The number of fused-ring (bicyclic) bond motifs is 1. The number of nitrogens with zero attached hydrogens (tertiary/aromatic N) is 1. The number of nitrogens with one attached hydrogen (secondary N) is 1. The van der Waals surface area contributed by atoms with Crippen molar-refractivity contribution in [1.82, 2.24) is 4.98 Å². The Bertz CT molecular complexity index is 1180. The average molecular weight is 380 g/mol. The predicted octanol–water partition coefficient (Wildman–Crippen LogP) is 4.24. The largest absolute Gasteiger partial charge is 0.422 e. The van der Waals surface area contributed by atoms with Crippen LogP contribution in [0.25, 0.3) is 22.2 Å². The molecular formula is C20H13FN2O3S. The summed E-state index contributed by atoms with van der Waals surface area (Å²) < 4.78 is 18.2. The molecule has 0 spiro atoms. The first-order valence-corrected chi connectivity index (χ1v) is 8.99. The molecule has 4 rings (SSSR count). The van der Waals surface area contributed by atoms with Crippen molar-refractivity contribution in [1.29, 1.82) is 0 Å². The number of aromatic nitrogens is 1. The lowest BCUT2D eigenvalue weighted by molar-refractivity contribution is -0.115. The van der Waals surface area contributed by atoms with Gasteiger partial charge in [-0.25, -0.2) is 14.2 Å². The molecule has 0 unspecified atom stereocenters. The zero-order chi connectivity index (χ0) is 18.8. The van der Waals surface area contributed by atoms with Crippen molar-refractivity contribution >= 4 is 33.3 Å². The fourth-order valence-electron chi connectivity index (χ4n) is 2.65. The van der Waals surface area contributed by atoms with Crippen molar-refractivity contribution in [2.24, 2.45) is 0 Å². The molecule has 5 nitrogen and oxygen atoms in total. The van der Waals surface area contributed by atoms with Gasteiger partial charge in [-0.3, -0.25) is 4.79 Å². The number of carbonyl (C=O) groups excluding carboxylic acids is 1. The third kappa shape index (κ3) is 3.78. The van der Waals surface area contributed by atoms with Gasteiger partial charge in [0.25, 0.3) is 0 Å². The molecule has 0 saturated carbocycles. The minimum Gasteiger partial charge on any atom is -0.422 e. The highest BCUT2D eigenvalue weighted by molar-refractivity contribution is 7.14. The molecule has 7 heteroatoms. The van der Waals surface area contributed by atoms with E-state index in [1.165, 1.54) is 23.5 Å². The highest BCUT2D eigenvalue weighted by Gasteiger charge is 2.13. The van der Waals surface area contributed by atoms with Gasteiger partial charge < -0.3 is 9.73 Å². The summed E-state index contributed by atoms with van der Waals surface area (Å²) in [5.74, 6) is -0.619. The summed E-state index contributed by atoms with van der Waals surface area (Å²) in [6.45, 7) is 0. The number of anilines is 1. The van der Waals surface area contributed by atoms with Crippen molar-refractivity contribution in [3.05, 3.63) is 81.8 Å². The molecule has 0 radical (unpaired) electrons. The fraction of sp³-hybridized carbons (Fsp3) is 0.0500. The summed E-state index contributed by atoms with van der Waals surface area (Å²) in [7, 11) is 0. The molecule has 4 aromatic rings. The number of amides is 1. The van der Waals surface area contributed by atoms with Gasteiger partial charge in [0.05, 0.1) is 17.7 Å². The van der Waals surface area contributed by atoms with Crippen LogP contribution in [0.2, 0.25) is 0 Å². The number of thiazole rings is 1. The average Bonchev–Trinajstić information content (AvgIpc) is 3.11. The third-order valence-electron chi connectivity index (χ3n) is 3.95. The fourth-order valence-corrected chi connectivity index (χ4v) is 3.37. The molecule has 0 aliphatic rings. The molecule has 27 heavy (non-hydrogen) atoms. The van der Waals surface area contributed by atoms with E-state index in [1.807, 2.05) is 12.1 Å². The lowest BCUT2D eigenvalue weighted by Crippen LogP contribution is -2.14. The second-order valence-corrected chi connectivity index (χ2v) is 6.73. The van der Waals surface area contributed by atoms with Gasteiger partial charge in [0, 0.05) is 10.8 Å². The maximum atomic E-state index is 12.9. The first kappa shape index (κ1) is 17.1. The van der Waals surface area contributed by atoms with E-state index in [0.29, 0.717) is 27.5 Å². The topological polar surface area (TPSA) is 72.2 Å². The van der Waals surface area contributed by atoms with Gasteiger partial charge in [-0.2, -0.15) is 0 Å². The standard InChI is InChI=1S/C20H13FN2O3S/c21-14-7-5-12(6-8-14)9-18(24)23-20-22-16(11-27-20)15-10-13-3-1-2-4-17(13)26-19(15)25/h1-8,10-11H,9H2,(H,22,23,24). The number of hydrogen-bond donors (Lipinski definition) is 1. The second-order valence-electron chi connectivity index (χ2n) is 5.87. The van der Waals surface area contributed by atoms with E-state index in [1.54, 1.807) is 35.7 Å². The Morgan fingerprint density at radius 2 is 1.93 bits per heavy atom. The molecule has 0 saturated heterocycles. The van der Waals surface area contributed by atoms with Crippen LogP contribution in [-0.4, -0.2) is 10.9 Å². The third-order valence-corrected chi connectivity index (χ3v) is 4.70. The normalized spacial score (nSPS) is 10.9. The van der Waals surface area contributed by atoms with E-state index in [9.17, 15) is 14.0 Å². The number of para-hydroxylation sites is 1. The highest BCUT2D eigenvalue weighted by atomic mass is 32.1. The molecule has 0 aliphatic heterocycles. The second kappa shape index (κ2) is 7.13. The lowest BCUT2D eigenvalue weighted by Gasteiger charge is -2.02. The summed E-state index contributed by atoms with van der Waals surface area (Å²) in [5.41, 5.74) is 1.50. The Kier molecular flexibility index (Phi) is 4.52. The van der Waals surface area contributed by atoms with E-state index in [4.69, 9.17) is 4.42 Å². The molecule has 134 valence electrons. The molecular weight excluding hydrogens is 367 g/mol. The van der Waals surface area contributed by atoms with Crippen molar-refractivity contribution in [3.8, 4) is 11.3 Å². The maximum absolute atomic E-state index is 12.9. The van der Waals surface area contributed by atoms with E-state index in [0.717, 1.165) is 5.39 Å². The first-order valence-electron chi connectivity index (χ1n) is 8.11. The van der Waals surface area contributed by atoms with Crippen molar-refractivity contribution < 1.29 is 13.6 Å². The quantitative estimate of drug-likeness (QED) is 0.538. The SMILES string of the molecule is O=C(Cc1ccc(F)cc1)Nc1nc(-c2cc3ccccc3oc2=O)cs1. The van der Waals surface area contributed by atoms with E-state index < -0.39 is 5.63 Å². The summed E-state index contributed by atoms with van der Waals surface area (Å²) in [6.07, 6.45) is 0.104. The molecule has 1 N–H and O–H groups in total. The first-order chi connectivity index (χ1) is 13.1. The van der Waals surface area contributed by atoms with Crippen molar-refractivity contribution in [2.45, 2.75) is 6.42 Å². The lowest BCUT2D eigenvalue weighted by atomic mass is 10.1. The Labute approximate surface area is 157 Å². The van der Waals surface area contributed by atoms with Crippen molar-refractivity contribution in [2.75, 3.05) is 5.32 Å². The maximum Gasteiger partial charge on any atom is 0.345 e. The van der Waals surface area contributed by atoms with Crippen LogP contribution in [0.1, 0.15) is 5.56 Å². The molecule has 0 fully saturated rings. The smallest absolute Gasteiger partial charge is 0.345 e. The Morgan fingerprint density at radius 1 is 1.15 bits per heavy atom. The van der Waals surface area contributed by atoms with Gasteiger partial charge in [0.1, 0.15) is 11.4 Å². The van der Waals surface area contributed by atoms with Crippen LogP contribution in [0.4, 0.5) is 9.52 Å². The molecule has 0 aliphatic carbocycles. The van der Waals surface area contributed by atoms with Crippen LogP contribution in [0.15, 0.2) is 69.2 Å². The van der Waals surface area contributed by atoms with Crippen LogP contribution < -0.4 is 10.9 Å². The minimum atomic E-state index is -0.483. The zero-order valence-corrected chi connectivity index (χ0v) is 14.8. The summed E-state index contributed by atoms with van der Waals surface area (Å²) in [4.78, 5) is 28.7. The van der Waals surface area contributed by atoms with Gasteiger partial charge in [-0.15, -0.1) is 11.3 Å². The minimum absolute atomic E-state index is 0.104. The highest BCUT2D eigenvalue weighted by Crippen LogP contribution is 2.25. The Balaban J connectivity index is 1.53. The van der Waals surface area contributed by atoms with E-state index >= 15 is 0 Å². The number of halogens is 1. The molecule has 2 aromatic heterocycles. The van der Waals surface area contributed by atoms with Gasteiger partial charge in [-0.05, 0) is 29.8 Å². The van der Waals surface area contributed by atoms with E-state index in [2.05, 4.69) is 10.3 Å². The molecule has 2 heterocycles. The molecule has 0 atom stereocenters. The summed E-state index contributed by atoms with van der Waals surface area (Å²) >= 11 is 1.22. The molecule has 2 aromatic carbocycles. The predicted molar refractivity (Wildman–Crippen MR) is 102 cm³/mol. The number of hydrogen-bond acceptors (Lipinski definition) is 5. The zero-order valence-electron chi connectivity index (χ0n) is 13.9. The van der Waals surface area contributed by atoms with Crippen LogP contribution in [0.5, 0.6) is 0 Å². The molecule has 0 bridgehead atoms. The van der Waals surface area contributed by atoms with E-state index in [-0.39, 0.29) is 18.1 Å². The van der Waals surface area contributed by atoms with Gasteiger partial charge >= 0.3 is 5.63 Å².